The third kappa shape index (κ3) is 1.67. The standard InChI is InChI=1S/C9H14N2S/c1-10-6-9(2-3-9)4-8-5-12-7-11-8/h5,7,10H,2-4,6H2,1H3. The summed E-state index contributed by atoms with van der Waals surface area (Å²) in [6.07, 6.45) is 3.90. The topological polar surface area (TPSA) is 24.9 Å². The number of hydrogen-bond acceptors (Lipinski definition) is 3. The third-order valence-electron chi connectivity index (χ3n) is 2.55. The van der Waals surface area contributed by atoms with Crippen LogP contribution in [0.4, 0.5) is 0 Å². The molecule has 0 spiro atoms. The van der Waals surface area contributed by atoms with Crippen LogP contribution in [0.15, 0.2) is 10.9 Å². The second kappa shape index (κ2) is 3.15. The lowest BCUT2D eigenvalue weighted by molar-refractivity contribution is 0.474. The summed E-state index contributed by atoms with van der Waals surface area (Å²) in [6.45, 7) is 1.14. The minimum Gasteiger partial charge on any atom is -0.319 e. The number of nitrogens with zero attached hydrogens (tertiary/aromatic N) is 1. The van der Waals surface area contributed by atoms with E-state index in [0.29, 0.717) is 5.41 Å². The summed E-state index contributed by atoms with van der Waals surface area (Å²) in [5.74, 6) is 0. The second-order valence-electron chi connectivity index (χ2n) is 3.69. The van der Waals surface area contributed by atoms with E-state index in [4.69, 9.17) is 0 Å². The van der Waals surface area contributed by atoms with Gasteiger partial charge in [0.1, 0.15) is 0 Å². The molecule has 1 aromatic heterocycles. The van der Waals surface area contributed by atoms with Crippen LogP contribution in [-0.4, -0.2) is 18.6 Å². The first-order chi connectivity index (χ1) is 5.85. The Labute approximate surface area is 77.0 Å². The van der Waals surface area contributed by atoms with E-state index in [1.54, 1.807) is 11.3 Å². The van der Waals surface area contributed by atoms with Crippen molar-refractivity contribution < 1.29 is 0 Å². The summed E-state index contributed by atoms with van der Waals surface area (Å²) in [6, 6.07) is 0. The van der Waals surface area contributed by atoms with Gasteiger partial charge in [0, 0.05) is 11.9 Å². The molecule has 1 heterocycles. The highest BCUT2D eigenvalue weighted by Crippen LogP contribution is 2.47. The van der Waals surface area contributed by atoms with Crippen molar-refractivity contribution in [2.45, 2.75) is 19.3 Å². The zero-order valence-corrected chi connectivity index (χ0v) is 8.16. The molecule has 0 aliphatic heterocycles. The quantitative estimate of drug-likeness (QED) is 0.766. The van der Waals surface area contributed by atoms with E-state index in [0.717, 1.165) is 13.0 Å². The fraction of sp³-hybridized carbons (Fsp3) is 0.667. The molecule has 1 fully saturated rings. The Bertz CT molecular complexity index is 239. The molecule has 0 radical (unpaired) electrons. The Morgan fingerprint density at radius 2 is 2.50 bits per heavy atom. The highest BCUT2D eigenvalue weighted by Gasteiger charge is 2.42. The lowest BCUT2D eigenvalue weighted by atomic mass is 10.0. The molecule has 2 rings (SSSR count). The average Bonchev–Trinajstić information content (AvgIpc) is 2.63. The molecule has 0 atom stereocenters. The Morgan fingerprint density at radius 3 is 3.00 bits per heavy atom. The molecule has 3 heteroatoms. The maximum Gasteiger partial charge on any atom is 0.0794 e. The number of hydrogen-bond donors (Lipinski definition) is 1. The predicted octanol–water partition coefficient (Wildman–Crippen LogP) is 1.69. The van der Waals surface area contributed by atoms with Crippen molar-refractivity contribution in [2.24, 2.45) is 5.41 Å². The minimum atomic E-state index is 0.558. The van der Waals surface area contributed by atoms with Gasteiger partial charge in [0.25, 0.3) is 0 Å². The van der Waals surface area contributed by atoms with Crippen molar-refractivity contribution in [3.63, 3.8) is 0 Å². The van der Waals surface area contributed by atoms with Crippen molar-refractivity contribution in [1.29, 1.82) is 0 Å². The van der Waals surface area contributed by atoms with Gasteiger partial charge >= 0.3 is 0 Å². The minimum absolute atomic E-state index is 0.558. The SMILES string of the molecule is CNCC1(Cc2cscn2)CC1. The molecule has 0 unspecified atom stereocenters. The largest absolute Gasteiger partial charge is 0.319 e. The summed E-state index contributed by atoms with van der Waals surface area (Å²) in [4.78, 5) is 4.31. The van der Waals surface area contributed by atoms with E-state index in [1.165, 1.54) is 18.5 Å². The van der Waals surface area contributed by atoms with E-state index in [1.807, 2.05) is 12.6 Å². The molecule has 0 saturated heterocycles. The van der Waals surface area contributed by atoms with Crippen LogP contribution in [0.2, 0.25) is 0 Å². The van der Waals surface area contributed by atoms with Gasteiger partial charge in [-0.3, -0.25) is 0 Å². The van der Waals surface area contributed by atoms with Crippen molar-refractivity contribution in [3.05, 3.63) is 16.6 Å². The van der Waals surface area contributed by atoms with E-state index in [9.17, 15) is 0 Å². The van der Waals surface area contributed by atoms with Crippen LogP contribution in [0, 0.1) is 5.41 Å². The summed E-state index contributed by atoms with van der Waals surface area (Å²) in [7, 11) is 2.03. The molecule has 1 aliphatic rings. The number of aromatic nitrogens is 1. The Hall–Kier alpha value is -0.410. The molecule has 0 bridgehead atoms. The molecule has 0 aromatic carbocycles. The van der Waals surface area contributed by atoms with Crippen molar-refractivity contribution in [1.82, 2.24) is 10.3 Å². The van der Waals surface area contributed by atoms with Gasteiger partial charge in [0.2, 0.25) is 0 Å². The van der Waals surface area contributed by atoms with Gasteiger partial charge in [-0.25, -0.2) is 4.98 Å². The van der Waals surface area contributed by atoms with E-state index in [2.05, 4.69) is 15.7 Å². The van der Waals surface area contributed by atoms with E-state index in [-0.39, 0.29) is 0 Å². The zero-order valence-electron chi connectivity index (χ0n) is 7.34. The highest BCUT2D eigenvalue weighted by atomic mass is 32.1. The highest BCUT2D eigenvalue weighted by molar-refractivity contribution is 7.07. The van der Waals surface area contributed by atoms with Gasteiger partial charge in [-0.05, 0) is 31.7 Å². The van der Waals surface area contributed by atoms with Gasteiger partial charge in [-0.1, -0.05) is 0 Å². The summed E-state index contributed by atoms with van der Waals surface area (Å²) in [5, 5.41) is 5.42. The predicted molar refractivity (Wildman–Crippen MR) is 51.4 cm³/mol. The Kier molecular flexibility index (Phi) is 2.15. The van der Waals surface area contributed by atoms with Gasteiger partial charge in [0.05, 0.1) is 11.2 Å². The summed E-state index contributed by atoms with van der Waals surface area (Å²) in [5.41, 5.74) is 3.75. The summed E-state index contributed by atoms with van der Waals surface area (Å²) < 4.78 is 0. The first-order valence-electron chi connectivity index (χ1n) is 4.36. The molecule has 0 amide bonds. The van der Waals surface area contributed by atoms with Crippen LogP contribution in [-0.2, 0) is 6.42 Å². The maximum absolute atomic E-state index is 4.31. The van der Waals surface area contributed by atoms with Gasteiger partial charge in [-0.2, -0.15) is 0 Å². The van der Waals surface area contributed by atoms with Crippen LogP contribution < -0.4 is 5.32 Å². The monoisotopic (exact) mass is 182 g/mol. The van der Waals surface area contributed by atoms with Crippen LogP contribution in [0.5, 0.6) is 0 Å². The molecular formula is C9H14N2S. The molecule has 1 N–H and O–H groups in total. The molecular weight excluding hydrogens is 168 g/mol. The first kappa shape index (κ1) is 8.20. The van der Waals surface area contributed by atoms with E-state index < -0.39 is 0 Å². The van der Waals surface area contributed by atoms with Crippen LogP contribution >= 0.6 is 11.3 Å². The third-order valence-corrected chi connectivity index (χ3v) is 3.18. The normalized spacial score (nSPS) is 19.4. The van der Waals surface area contributed by atoms with Crippen LogP contribution in [0.25, 0.3) is 0 Å². The molecule has 1 aromatic rings. The fourth-order valence-corrected chi connectivity index (χ4v) is 2.24. The number of thiazole rings is 1. The maximum atomic E-state index is 4.31. The van der Waals surface area contributed by atoms with E-state index >= 15 is 0 Å². The zero-order chi connectivity index (χ0) is 8.44. The lowest BCUT2D eigenvalue weighted by Gasteiger charge is -2.11. The smallest absolute Gasteiger partial charge is 0.0794 e. The fourth-order valence-electron chi connectivity index (χ4n) is 1.68. The Morgan fingerprint density at radius 1 is 1.67 bits per heavy atom. The molecule has 1 saturated carbocycles. The van der Waals surface area contributed by atoms with Crippen molar-refractivity contribution >= 4 is 11.3 Å². The Balaban J connectivity index is 1.94. The van der Waals surface area contributed by atoms with Crippen molar-refractivity contribution in [3.8, 4) is 0 Å². The van der Waals surface area contributed by atoms with Gasteiger partial charge in [-0.15, -0.1) is 11.3 Å². The summed E-state index contributed by atoms with van der Waals surface area (Å²) >= 11 is 1.69. The lowest BCUT2D eigenvalue weighted by Crippen LogP contribution is -2.21. The molecule has 1 aliphatic carbocycles. The second-order valence-corrected chi connectivity index (χ2v) is 4.41. The molecule has 12 heavy (non-hydrogen) atoms. The molecule has 2 nitrogen and oxygen atoms in total. The van der Waals surface area contributed by atoms with Gasteiger partial charge < -0.3 is 5.32 Å². The van der Waals surface area contributed by atoms with Gasteiger partial charge in [0.15, 0.2) is 0 Å². The average molecular weight is 182 g/mol. The number of nitrogens with one attached hydrogen (secondary N) is 1. The number of rotatable bonds is 4. The molecule has 66 valence electrons. The first-order valence-corrected chi connectivity index (χ1v) is 5.31. The van der Waals surface area contributed by atoms with Crippen LogP contribution in [0.1, 0.15) is 18.5 Å². The van der Waals surface area contributed by atoms with Crippen LogP contribution in [0.3, 0.4) is 0 Å². The van der Waals surface area contributed by atoms with Crippen molar-refractivity contribution in [2.75, 3.05) is 13.6 Å².